The lowest BCUT2D eigenvalue weighted by molar-refractivity contribution is -0.128. The number of thiocarbonyl (C=S) groups is 1. The second kappa shape index (κ2) is 4.27. The number of halogens is 2. The quantitative estimate of drug-likeness (QED) is 0.592. The summed E-state index contributed by atoms with van der Waals surface area (Å²) in [4.78, 5) is 10.2. The summed E-state index contributed by atoms with van der Waals surface area (Å²) >= 11 is 4.37. The smallest absolute Gasteiger partial charge is 0.296 e. The number of carbonyl (C=O) groups is 1. The van der Waals surface area contributed by atoms with Gasteiger partial charge in [-0.05, 0) is 12.2 Å². The van der Waals surface area contributed by atoms with Crippen molar-refractivity contribution in [2.45, 2.75) is 12.8 Å². The molecule has 0 saturated carbocycles. The van der Waals surface area contributed by atoms with Crippen LogP contribution in [0.2, 0.25) is 0 Å². The number of methoxy groups -OCH3 is 1. The van der Waals surface area contributed by atoms with E-state index < -0.39 is 18.6 Å². The van der Waals surface area contributed by atoms with Crippen LogP contribution >= 0.6 is 12.2 Å². The van der Waals surface area contributed by atoms with Gasteiger partial charge < -0.3 is 4.74 Å². The minimum absolute atomic E-state index is 0.106. The zero-order chi connectivity index (χ0) is 8.15. The number of alkyl halides is 2. The second-order valence-corrected chi connectivity index (χ2v) is 1.98. The number of rotatable bonds is 3. The normalized spacial score (nSPS) is 9.60. The van der Waals surface area contributed by atoms with Crippen molar-refractivity contribution in [1.82, 2.24) is 0 Å². The number of hydrogen-bond acceptors (Lipinski definition) is 3. The largest absolute Gasteiger partial charge is 0.490 e. The molecule has 0 N–H and O–H groups in total. The number of ether oxygens (including phenoxy) is 1. The Kier molecular flexibility index (Phi) is 4.02. The monoisotopic (exact) mass is 168 g/mol. The second-order valence-electron chi connectivity index (χ2n) is 1.52. The topological polar surface area (TPSA) is 26.3 Å². The molecule has 10 heavy (non-hydrogen) atoms. The van der Waals surface area contributed by atoms with E-state index in [-0.39, 0.29) is 5.05 Å². The van der Waals surface area contributed by atoms with E-state index >= 15 is 0 Å². The summed E-state index contributed by atoms with van der Waals surface area (Å²) in [5, 5.41) is -0.106. The molecule has 58 valence electrons. The summed E-state index contributed by atoms with van der Waals surface area (Å²) in [7, 11) is 1.24. The third kappa shape index (κ3) is 3.45. The molecule has 0 bridgehead atoms. The van der Waals surface area contributed by atoms with Gasteiger partial charge in [0.15, 0.2) is 5.05 Å². The summed E-state index contributed by atoms with van der Waals surface area (Å²) in [6.07, 6.45) is -3.43. The van der Waals surface area contributed by atoms with Gasteiger partial charge in [-0.15, -0.1) is 0 Å². The highest BCUT2D eigenvalue weighted by molar-refractivity contribution is 7.80. The fourth-order valence-electron chi connectivity index (χ4n) is 0.292. The van der Waals surface area contributed by atoms with Crippen molar-refractivity contribution in [2.24, 2.45) is 0 Å². The molecule has 0 aliphatic heterocycles. The molecule has 0 aliphatic rings. The highest BCUT2D eigenvalue weighted by atomic mass is 32.1. The fraction of sp³-hybridized carbons (Fsp3) is 0.600. The van der Waals surface area contributed by atoms with E-state index in [1.807, 2.05) is 0 Å². The Morgan fingerprint density at radius 3 is 2.50 bits per heavy atom. The maximum atomic E-state index is 11.5. The molecule has 0 heterocycles. The maximum absolute atomic E-state index is 11.5. The molecule has 0 spiro atoms. The number of carbonyl (C=O) groups excluding carboxylic acids is 1. The molecule has 2 nitrogen and oxygen atoms in total. The van der Waals surface area contributed by atoms with Gasteiger partial charge in [-0.1, -0.05) is 0 Å². The number of Topliss-reactive ketones (excluding diaryl/α,β-unsaturated/α-hetero) is 1. The molecular weight excluding hydrogens is 162 g/mol. The van der Waals surface area contributed by atoms with Crippen LogP contribution in [0.25, 0.3) is 0 Å². The molecule has 0 aliphatic carbocycles. The molecule has 0 radical (unpaired) electrons. The first-order chi connectivity index (χ1) is 4.57. The van der Waals surface area contributed by atoms with Gasteiger partial charge >= 0.3 is 0 Å². The molecule has 0 aromatic heterocycles. The standard InChI is InChI=1S/C5H6F2O2S/c1-9-4(10)2-3(8)5(6)7/h5H,2H2,1H3. The van der Waals surface area contributed by atoms with Crippen molar-refractivity contribution < 1.29 is 18.3 Å². The minimum Gasteiger partial charge on any atom is -0.490 e. The van der Waals surface area contributed by atoms with E-state index in [9.17, 15) is 13.6 Å². The molecule has 0 fully saturated rings. The van der Waals surface area contributed by atoms with Crippen molar-refractivity contribution >= 4 is 23.1 Å². The molecule has 5 heteroatoms. The lowest BCUT2D eigenvalue weighted by Crippen LogP contribution is -2.14. The molecule has 0 aromatic carbocycles. The van der Waals surface area contributed by atoms with Gasteiger partial charge in [0.2, 0.25) is 5.78 Å². The van der Waals surface area contributed by atoms with E-state index in [0.717, 1.165) is 0 Å². The van der Waals surface area contributed by atoms with Crippen LogP contribution in [0.15, 0.2) is 0 Å². The van der Waals surface area contributed by atoms with Gasteiger partial charge in [-0.3, -0.25) is 4.79 Å². The van der Waals surface area contributed by atoms with Crippen LogP contribution in [-0.2, 0) is 9.53 Å². The molecule has 0 rings (SSSR count). The predicted molar refractivity (Wildman–Crippen MR) is 35.2 cm³/mol. The first-order valence-corrected chi connectivity index (χ1v) is 2.86. The third-order valence-electron chi connectivity index (χ3n) is 0.790. The van der Waals surface area contributed by atoms with Crippen LogP contribution in [0.3, 0.4) is 0 Å². The van der Waals surface area contributed by atoms with Crippen LogP contribution in [0.5, 0.6) is 0 Å². The lowest BCUT2D eigenvalue weighted by Gasteiger charge is -1.99. The van der Waals surface area contributed by atoms with E-state index in [1.54, 1.807) is 0 Å². The highest BCUT2D eigenvalue weighted by Gasteiger charge is 2.16. The molecule has 0 amide bonds. The Morgan fingerprint density at radius 2 is 2.20 bits per heavy atom. The van der Waals surface area contributed by atoms with E-state index in [0.29, 0.717) is 0 Å². The van der Waals surface area contributed by atoms with E-state index in [4.69, 9.17) is 0 Å². The molecule has 0 unspecified atom stereocenters. The van der Waals surface area contributed by atoms with Crippen molar-refractivity contribution in [3.63, 3.8) is 0 Å². The number of ketones is 1. The Morgan fingerprint density at radius 1 is 1.70 bits per heavy atom. The SMILES string of the molecule is COC(=S)CC(=O)C(F)F. The molecule has 0 saturated heterocycles. The van der Waals surface area contributed by atoms with Crippen LogP contribution in [0.1, 0.15) is 6.42 Å². The van der Waals surface area contributed by atoms with E-state index in [2.05, 4.69) is 17.0 Å². The first kappa shape index (κ1) is 9.42. The zero-order valence-electron chi connectivity index (χ0n) is 5.27. The summed E-state index contributed by atoms with van der Waals surface area (Å²) in [5.74, 6) is -1.20. The first-order valence-electron chi connectivity index (χ1n) is 2.45. The predicted octanol–water partition coefficient (Wildman–Crippen LogP) is 1.18. The van der Waals surface area contributed by atoms with Crippen molar-refractivity contribution in [3.05, 3.63) is 0 Å². The van der Waals surface area contributed by atoms with Crippen molar-refractivity contribution in [3.8, 4) is 0 Å². The summed E-state index contributed by atoms with van der Waals surface area (Å²) in [5.41, 5.74) is 0. The zero-order valence-corrected chi connectivity index (χ0v) is 6.08. The Hall–Kier alpha value is -0.580. The van der Waals surface area contributed by atoms with Gasteiger partial charge in [-0.2, -0.15) is 0 Å². The van der Waals surface area contributed by atoms with Crippen molar-refractivity contribution in [2.75, 3.05) is 7.11 Å². The van der Waals surface area contributed by atoms with Crippen LogP contribution in [-0.4, -0.2) is 24.4 Å². The molecule has 0 aromatic rings. The average molecular weight is 168 g/mol. The maximum Gasteiger partial charge on any atom is 0.296 e. The lowest BCUT2D eigenvalue weighted by atomic mass is 10.3. The third-order valence-corrected chi connectivity index (χ3v) is 1.10. The van der Waals surface area contributed by atoms with Gasteiger partial charge in [0.1, 0.15) is 0 Å². The van der Waals surface area contributed by atoms with Gasteiger partial charge in [-0.25, -0.2) is 8.78 Å². The fourth-order valence-corrected chi connectivity index (χ4v) is 0.434. The average Bonchev–Trinajstić information content (AvgIpc) is 1.87. The van der Waals surface area contributed by atoms with Gasteiger partial charge in [0.05, 0.1) is 13.5 Å². The molecule has 0 atom stereocenters. The summed E-state index contributed by atoms with van der Waals surface area (Å²) in [6, 6.07) is 0. The van der Waals surface area contributed by atoms with Crippen LogP contribution in [0.4, 0.5) is 8.78 Å². The minimum atomic E-state index is -2.95. The Bertz CT molecular complexity index is 147. The Balaban J connectivity index is 3.69. The van der Waals surface area contributed by atoms with Crippen LogP contribution in [0, 0.1) is 0 Å². The Labute approximate surface area is 62.2 Å². The number of hydrogen-bond donors (Lipinski definition) is 0. The summed E-state index contributed by atoms with van der Waals surface area (Å²) < 4.78 is 27.3. The van der Waals surface area contributed by atoms with Gasteiger partial charge in [0.25, 0.3) is 6.43 Å². The van der Waals surface area contributed by atoms with Crippen LogP contribution < -0.4 is 0 Å². The van der Waals surface area contributed by atoms with E-state index in [1.165, 1.54) is 7.11 Å². The summed E-state index contributed by atoms with van der Waals surface area (Å²) in [6.45, 7) is 0. The van der Waals surface area contributed by atoms with Crippen molar-refractivity contribution in [1.29, 1.82) is 0 Å². The van der Waals surface area contributed by atoms with Gasteiger partial charge in [0, 0.05) is 0 Å². The highest BCUT2D eigenvalue weighted by Crippen LogP contribution is 1.99. The molecular formula is C5H6F2O2S.